The van der Waals surface area contributed by atoms with Crippen LogP contribution in [0.2, 0.25) is 0 Å². The second-order valence-corrected chi connectivity index (χ2v) is 13.7. The van der Waals surface area contributed by atoms with E-state index in [0.29, 0.717) is 53.5 Å². The number of aromatic nitrogens is 8. The predicted molar refractivity (Wildman–Crippen MR) is 192 cm³/mol. The van der Waals surface area contributed by atoms with Gasteiger partial charge in [-0.1, -0.05) is 48.5 Å². The van der Waals surface area contributed by atoms with E-state index in [0.717, 1.165) is 20.2 Å². The molecule has 0 radical (unpaired) electrons. The van der Waals surface area contributed by atoms with Gasteiger partial charge >= 0.3 is 23.1 Å². The molecule has 0 spiro atoms. The molecule has 0 amide bonds. The van der Waals surface area contributed by atoms with Gasteiger partial charge in [0.05, 0.1) is 70.0 Å². The quantitative estimate of drug-likeness (QED) is 0.205. The van der Waals surface area contributed by atoms with Crippen LogP contribution in [-0.4, -0.2) is 84.9 Å². The third kappa shape index (κ3) is 7.45. The van der Waals surface area contributed by atoms with Crippen LogP contribution in [0.25, 0.3) is 33.5 Å². The first-order valence-electron chi connectivity index (χ1n) is 15.4. The van der Waals surface area contributed by atoms with Crippen LogP contribution in [0, 0.1) is 0 Å². The largest absolute Gasteiger partial charge is 2.00 e. The van der Waals surface area contributed by atoms with E-state index in [2.05, 4.69) is 30.1 Å². The molecular weight excluding hydrogens is 729 g/mol. The molecule has 8 rings (SSSR count). The minimum atomic E-state index is -1.37. The van der Waals surface area contributed by atoms with E-state index in [1.807, 2.05) is 48.5 Å². The number of hydrogen-bond acceptors (Lipinski definition) is 12. The molecule has 0 N–H and O–H groups in total. The molecule has 0 aliphatic heterocycles. The van der Waals surface area contributed by atoms with Gasteiger partial charge in [-0.05, 0) is 59.7 Å². The van der Waals surface area contributed by atoms with Crippen LogP contribution in [0.1, 0.15) is 0 Å². The number of nitrogens with zero attached hydrogens (tertiary/aromatic N) is 8. The van der Waals surface area contributed by atoms with Gasteiger partial charge in [-0.3, -0.25) is 0 Å². The normalized spacial score (nSPS) is 12.0. The zero-order chi connectivity index (χ0) is 36.2. The Morgan fingerprint density at radius 3 is 1.34 bits per heavy atom. The maximum atomic E-state index is 12.8. The van der Waals surface area contributed by atoms with Crippen molar-refractivity contribution in [2.45, 2.75) is 19.6 Å². The Hall–Kier alpha value is -5.75. The van der Waals surface area contributed by atoms with Gasteiger partial charge in [0, 0.05) is 20.9 Å². The molecule has 2 unspecified atom stereocenters. The summed E-state index contributed by atoms with van der Waals surface area (Å²) in [6, 6.07) is 28.0. The summed E-state index contributed by atoms with van der Waals surface area (Å²) in [6.07, 6.45) is 5.51. The average molecular weight is 755 g/mol. The number of fused-ring (bicyclic) bond motifs is 2. The predicted octanol–water partition coefficient (Wildman–Crippen LogP) is 3.70. The molecule has 0 aliphatic carbocycles. The second kappa shape index (κ2) is 16.3. The molecule has 53 heavy (non-hydrogen) atoms. The summed E-state index contributed by atoms with van der Waals surface area (Å²) in [5.74, 6) is 0.973. The Bertz CT molecular complexity index is 2410. The molecule has 0 fully saturated rings. The monoisotopic (exact) mass is 754 g/mol. The van der Waals surface area contributed by atoms with Crippen LogP contribution < -0.4 is 19.7 Å². The molecule has 4 aromatic carbocycles. The molecule has 4 aromatic heterocycles. The van der Waals surface area contributed by atoms with Crippen molar-refractivity contribution in [3.05, 3.63) is 122 Å². The van der Waals surface area contributed by atoms with E-state index in [1.165, 1.54) is 26.9 Å². The van der Waals surface area contributed by atoms with E-state index >= 15 is 0 Å². The van der Waals surface area contributed by atoms with Gasteiger partial charge in [-0.2, -0.15) is 10.2 Å². The summed E-state index contributed by atoms with van der Waals surface area (Å²) in [4.78, 5) is 18.0. The van der Waals surface area contributed by atoms with Crippen LogP contribution in [0.4, 0.5) is 0 Å². The summed E-state index contributed by atoms with van der Waals surface area (Å²) in [5.41, 5.74) is 3.65. The van der Waals surface area contributed by atoms with Crippen LogP contribution >= 0.6 is 0 Å². The molecule has 17 heteroatoms. The van der Waals surface area contributed by atoms with Gasteiger partial charge in [-0.15, -0.1) is 0 Å². The van der Waals surface area contributed by atoms with Crippen molar-refractivity contribution in [2.24, 2.45) is 0 Å². The Balaban J connectivity index is 0.000000178. The fourth-order valence-corrected chi connectivity index (χ4v) is 7.66. The van der Waals surface area contributed by atoms with Gasteiger partial charge in [0.25, 0.3) is 0 Å². The summed E-state index contributed by atoms with van der Waals surface area (Å²) < 4.78 is 38.8. The van der Waals surface area contributed by atoms with Crippen LogP contribution in [0.15, 0.2) is 142 Å². The first-order chi connectivity index (χ1) is 25.4. The minimum Gasteiger partial charge on any atom is -0.844 e. The number of ether oxygens (including phenoxy) is 2. The van der Waals surface area contributed by atoms with E-state index in [1.54, 1.807) is 60.9 Å². The van der Waals surface area contributed by atoms with Gasteiger partial charge in [0.1, 0.15) is 24.2 Å². The van der Waals surface area contributed by atoms with Gasteiger partial charge < -0.3 is 19.7 Å². The smallest absolute Gasteiger partial charge is 0.844 e. The van der Waals surface area contributed by atoms with E-state index in [-0.39, 0.29) is 23.1 Å². The molecular formula is C36H26MgN8O6S2. The standard InChI is InChI=1S/2C18H14N4O3S.Mg/c2*1-25-15-9-12(14-10-21-22-17(14)19-11-20-18(22)23)7-8-16(15)26(24)13-5-3-2-4-6-13;/h2*2-11H,1H3,(H,19,20,23);/q;;+2/p-2. The molecule has 4 heterocycles. The Kier molecular flexibility index (Phi) is 11.4. The summed E-state index contributed by atoms with van der Waals surface area (Å²) in [5, 5.41) is 31.5. The molecule has 8 aromatic rings. The number of hydrogen-bond donors (Lipinski definition) is 0. The maximum absolute atomic E-state index is 12.8. The zero-order valence-corrected chi connectivity index (χ0v) is 31.1. The average Bonchev–Trinajstić information content (AvgIpc) is 3.84. The number of methoxy groups -OCH3 is 2. The fraction of sp³-hybridized carbons (Fsp3) is 0.0556. The Labute approximate surface area is 323 Å². The third-order valence-electron chi connectivity index (χ3n) is 7.81. The van der Waals surface area contributed by atoms with E-state index in [4.69, 9.17) is 9.47 Å². The fourth-order valence-electron chi connectivity index (χ4n) is 5.31. The first-order valence-corrected chi connectivity index (χ1v) is 17.7. The zero-order valence-electron chi connectivity index (χ0n) is 28.1. The molecule has 260 valence electrons. The molecule has 2 atom stereocenters. The molecule has 0 bridgehead atoms. The summed E-state index contributed by atoms with van der Waals surface area (Å²) in [7, 11) is 0.322. The van der Waals surface area contributed by atoms with Gasteiger partial charge in [0.15, 0.2) is 11.3 Å². The third-order valence-corrected chi connectivity index (χ3v) is 10.7. The molecule has 0 saturated heterocycles. The number of benzene rings is 4. The van der Waals surface area contributed by atoms with Crippen molar-refractivity contribution in [1.82, 2.24) is 39.2 Å². The van der Waals surface area contributed by atoms with E-state index in [9.17, 15) is 18.6 Å². The number of rotatable bonds is 8. The second-order valence-electron chi connectivity index (χ2n) is 10.8. The van der Waals surface area contributed by atoms with Gasteiger partial charge in [0.2, 0.25) is 0 Å². The van der Waals surface area contributed by atoms with Crippen molar-refractivity contribution in [2.75, 3.05) is 14.2 Å². The van der Waals surface area contributed by atoms with Crippen molar-refractivity contribution in [3.8, 4) is 45.8 Å². The molecule has 0 saturated carbocycles. The molecule has 0 aliphatic rings. The SMILES string of the molecule is COc1cc(-c2cnn3c([O-])ncnc23)ccc1S(=O)c1ccccc1.COc1cc(-c2cnn3c([O-])ncnc23)ccc1S(=O)c1ccccc1.[Mg+2]. The topological polar surface area (TPSA) is 185 Å². The van der Waals surface area contributed by atoms with Crippen molar-refractivity contribution in [1.29, 1.82) is 0 Å². The van der Waals surface area contributed by atoms with Crippen molar-refractivity contribution >= 4 is 55.9 Å². The van der Waals surface area contributed by atoms with Crippen molar-refractivity contribution in [3.63, 3.8) is 0 Å². The Morgan fingerprint density at radius 2 is 0.962 bits per heavy atom. The van der Waals surface area contributed by atoms with Crippen LogP contribution in [0.3, 0.4) is 0 Å². The Morgan fingerprint density at radius 1 is 0.566 bits per heavy atom. The van der Waals surface area contributed by atoms with Gasteiger partial charge in [-0.25, -0.2) is 37.4 Å². The van der Waals surface area contributed by atoms with E-state index < -0.39 is 33.6 Å². The maximum Gasteiger partial charge on any atom is 2.00 e. The van der Waals surface area contributed by atoms with Crippen LogP contribution in [-0.2, 0) is 21.6 Å². The van der Waals surface area contributed by atoms with Crippen molar-refractivity contribution < 1.29 is 28.1 Å². The first kappa shape index (κ1) is 37.0. The van der Waals surface area contributed by atoms with Crippen LogP contribution in [0.5, 0.6) is 23.5 Å². The minimum absolute atomic E-state index is 0. The summed E-state index contributed by atoms with van der Waals surface area (Å²) in [6.45, 7) is 0. The molecule has 14 nitrogen and oxygen atoms in total. The summed E-state index contributed by atoms with van der Waals surface area (Å²) >= 11 is 0.